The minimum Gasteiger partial charge on any atom is -0.478 e. The Morgan fingerprint density at radius 3 is 2.62 bits per heavy atom. The second-order valence-corrected chi connectivity index (χ2v) is 8.93. The molecule has 0 aromatic heterocycles. The molecule has 0 radical (unpaired) electrons. The lowest BCUT2D eigenvalue weighted by Crippen LogP contribution is -2.35. The van der Waals surface area contributed by atoms with Gasteiger partial charge in [0.1, 0.15) is 0 Å². The number of anilines is 1. The largest absolute Gasteiger partial charge is 0.478 e. The quantitative estimate of drug-likeness (QED) is 0.815. The lowest BCUT2D eigenvalue weighted by molar-refractivity contribution is -0.129. The number of carboxylic acids is 1. The fraction of sp³-hybridized carbons (Fsp3) is 0.417. The number of carboxylic acid groups (broad SMARTS) is 1. The van der Waals surface area contributed by atoms with Crippen LogP contribution >= 0.6 is 0 Å². The molecule has 2 heterocycles. The topological polar surface area (TPSA) is 69.6 Å². The van der Waals surface area contributed by atoms with Gasteiger partial charge < -0.3 is 15.3 Å². The third kappa shape index (κ3) is 4.00. The maximum absolute atomic E-state index is 12.5. The molecule has 2 aliphatic heterocycles. The fourth-order valence-electron chi connectivity index (χ4n) is 4.63. The highest BCUT2D eigenvalue weighted by atomic mass is 16.4. The molecule has 2 aromatic rings. The maximum Gasteiger partial charge on any atom is 0.335 e. The van der Waals surface area contributed by atoms with Crippen LogP contribution in [0.4, 0.5) is 5.69 Å². The van der Waals surface area contributed by atoms with Gasteiger partial charge in [0, 0.05) is 18.8 Å². The fourth-order valence-corrected chi connectivity index (χ4v) is 4.63. The van der Waals surface area contributed by atoms with E-state index in [4.69, 9.17) is 0 Å². The summed E-state index contributed by atoms with van der Waals surface area (Å²) in [6, 6.07) is 13.7. The van der Waals surface area contributed by atoms with E-state index in [2.05, 4.69) is 31.3 Å². The number of hydrogen-bond donors (Lipinski definition) is 2. The Hall–Kier alpha value is -2.82. The zero-order valence-electron chi connectivity index (χ0n) is 17.1. The lowest BCUT2D eigenvalue weighted by Gasteiger charge is -2.41. The van der Waals surface area contributed by atoms with Crippen molar-refractivity contribution in [3.63, 3.8) is 0 Å². The Morgan fingerprint density at radius 1 is 1.14 bits per heavy atom. The summed E-state index contributed by atoms with van der Waals surface area (Å²) in [7, 11) is 0. The van der Waals surface area contributed by atoms with E-state index < -0.39 is 5.97 Å². The number of nitrogens with zero attached hydrogens (tertiary/aromatic N) is 1. The molecule has 2 aromatic carbocycles. The molecule has 1 amide bonds. The van der Waals surface area contributed by atoms with Gasteiger partial charge in [-0.2, -0.15) is 0 Å². The first kappa shape index (κ1) is 19.5. The first-order valence-corrected chi connectivity index (χ1v) is 10.3. The molecule has 5 heteroatoms. The zero-order chi connectivity index (χ0) is 20.6. The molecular formula is C24H28N2O3. The van der Waals surface area contributed by atoms with E-state index >= 15 is 0 Å². The smallest absolute Gasteiger partial charge is 0.335 e. The van der Waals surface area contributed by atoms with E-state index in [1.807, 2.05) is 23.1 Å². The van der Waals surface area contributed by atoms with E-state index in [9.17, 15) is 14.7 Å². The van der Waals surface area contributed by atoms with Gasteiger partial charge >= 0.3 is 5.97 Å². The summed E-state index contributed by atoms with van der Waals surface area (Å²) in [5, 5.41) is 12.9. The molecule has 1 saturated heterocycles. The van der Waals surface area contributed by atoms with Gasteiger partial charge in [0.25, 0.3) is 0 Å². The van der Waals surface area contributed by atoms with Crippen molar-refractivity contribution in [3.8, 4) is 0 Å². The van der Waals surface area contributed by atoms with Crippen LogP contribution in [-0.4, -0.2) is 35.0 Å². The van der Waals surface area contributed by atoms with Crippen LogP contribution in [0.25, 0.3) is 0 Å². The maximum atomic E-state index is 12.5. The first-order chi connectivity index (χ1) is 13.8. The number of hydrogen-bond acceptors (Lipinski definition) is 3. The second-order valence-electron chi connectivity index (χ2n) is 8.93. The van der Waals surface area contributed by atoms with Crippen LogP contribution in [0.2, 0.25) is 0 Å². The molecule has 4 rings (SSSR count). The van der Waals surface area contributed by atoms with Gasteiger partial charge in [0.05, 0.1) is 18.0 Å². The van der Waals surface area contributed by atoms with Crippen LogP contribution in [0.1, 0.15) is 59.8 Å². The molecule has 2 aliphatic rings. The van der Waals surface area contributed by atoms with E-state index in [0.717, 1.165) is 54.7 Å². The summed E-state index contributed by atoms with van der Waals surface area (Å²) in [5.74, 6) is -0.690. The molecule has 2 N–H and O–H groups in total. The molecule has 1 unspecified atom stereocenters. The normalized spacial score (nSPS) is 20.1. The van der Waals surface area contributed by atoms with Crippen molar-refractivity contribution in [2.75, 3.05) is 18.4 Å². The number of amides is 1. The third-order valence-electron chi connectivity index (χ3n) is 6.18. The van der Waals surface area contributed by atoms with E-state index in [-0.39, 0.29) is 17.4 Å². The van der Waals surface area contributed by atoms with Crippen molar-refractivity contribution in [2.24, 2.45) is 5.41 Å². The minimum atomic E-state index is -0.900. The molecule has 0 aliphatic carbocycles. The third-order valence-corrected chi connectivity index (χ3v) is 6.18. The Bertz CT molecular complexity index is 945. The van der Waals surface area contributed by atoms with Gasteiger partial charge in [-0.15, -0.1) is 0 Å². The van der Waals surface area contributed by atoms with Crippen LogP contribution in [0.15, 0.2) is 42.5 Å². The highest BCUT2D eigenvalue weighted by Crippen LogP contribution is 2.45. The van der Waals surface area contributed by atoms with Crippen molar-refractivity contribution in [1.82, 2.24) is 4.90 Å². The molecule has 5 nitrogen and oxygen atoms in total. The number of carbonyl (C=O) groups is 2. The number of rotatable bonds is 4. The molecular weight excluding hydrogens is 364 g/mol. The molecule has 29 heavy (non-hydrogen) atoms. The van der Waals surface area contributed by atoms with Crippen LogP contribution in [0, 0.1) is 5.41 Å². The number of fused-ring (bicyclic) bond motifs is 1. The van der Waals surface area contributed by atoms with Gasteiger partial charge in [-0.1, -0.05) is 38.1 Å². The monoisotopic (exact) mass is 392 g/mol. The number of likely N-dealkylation sites (tertiary alicyclic amines) is 1. The first-order valence-electron chi connectivity index (χ1n) is 10.3. The van der Waals surface area contributed by atoms with Crippen LogP contribution < -0.4 is 5.32 Å². The summed E-state index contributed by atoms with van der Waals surface area (Å²) in [4.78, 5) is 25.8. The summed E-state index contributed by atoms with van der Waals surface area (Å²) in [6.07, 6.45) is 3.45. The van der Waals surface area contributed by atoms with Crippen LogP contribution in [0.5, 0.6) is 0 Å². The molecule has 0 saturated carbocycles. The SMILES string of the molecule is CC1(C)Cc2cc(C(=O)O)ccc2NC1c1cccc(CC(=O)N2CCCC2)c1. The second kappa shape index (κ2) is 7.54. The predicted molar refractivity (Wildman–Crippen MR) is 113 cm³/mol. The number of aromatic carboxylic acids is 1. The van der Waals surface area contributed by atoms with Crippen molar-refractivity contribution < 1.29 is 14.7 Å². The Kier molecular flexibility index (Phi) is 5.07. The number of nitrogens with one attached hydrogen (secondary N) is 1. The summed E-state index contributed by atoms with van der Waals surface area (Å²) in [5.41, 5.74) is 4.45. The zero-order valence-corrected chi connectivity index (χ0v) is 17.1. The summed E-state index contributed by atoms with van der Waals surface area (Å²) >= 11 is 0. The average molecular weight is 392 g/mol. The van der Waals surface area contributed by atoms with Crippen molar-refractivity contribution in [2.45, 2.75) is 45.6 Å². The lowest BCUT2D eigenvalue weighted by atomic mass is 9.72. The Labute approximate surface area is 171 Å². The van der Waals surface area contributed by atoms with E-state index in [1.54, 1.807) is 12.1 Å². The highest BCUT2D eigenvalue weighted by Gasteiger charge is 2.36. The molecule has 152 valence electrons. The van der Waals surface area contributed by atoms with Crippen molar-refractivity contribution >= 4 is 17.6 Å². The highest BCUT2D eigenvalue weighted by molar-refractivity contribution is 5.88. The number of carbonyl (C=O) groups excluding carboxylic acids is 1. The summed E-state index contributed by atoms with van der Waals surface area (Å²) < 4.78 is 0. The van der Waals surface area contributed by atoms with Gasteiger partial charge in [0.2, 0.25) is 5.91 Å². The van der Waals surface area contributed by atoms with Crippen LogP contribution in [-0.2, 0) is 17.6 Å². The number of benzene rings is 2. The van der Waals surface area contributed by atoms with Gasteiger partial charge in [-0.05, 0) is 59.6 Å². The van der Waals surface area contributed by atoms with Crippen molar-refractivity contribution in [3.05, 3.63) is 64.7 Å². The molecule has 1 atom stereocenters. The standard InChI is InChI=1S/C24H28N2O3/c1-24(2)15-19-14-18(23(28)29)8-9-20(19)25-22(24)17-7-5-6-16(12-17)13-21(27)26-10-3-4-11-26/h5-9,12,14,22,25H,3-4,10-11,13,15H2,1-2H3,(H,28,29). The van der Waals surface area contributed by atoms with Crippen molar-refractivity contribution in [1.29, 1.82) is 0 Å². The Morgan fingerprint density at radius 2 is 1.90 bits per heavy atom. The molecule has 0 spiro atoms. The Balaban J connectivity index is 1.57. The van der Waals surface area contributed by atoms with E-state index in [1.165, 1.54) is 0 Å². The van der Waals surface area contributed by atoms with Gasteiger partial charge in [-0.25, -0.2) is 4.79 Å². The predicted octanol–water partition coefficient (Wildman–Crippen LogP) is 4.29. The summed E-state index contributed by atoms with van der Waals surface area (Å²) in [6.45, 7) is 6.15. The van der Waals surface area contributed by atoms with Gasteiger partial charge in [-0.3, -0.25) is 4.79 Å². The van der Waals surface area contributed by atoms with Crippen LogP contribution in [0.3, 0.4) is 0 Å². The molecule has 0 bridgehead atoms. The molecule has 1 fully saturated rings. The average Bonchev–Trinajstić information content (AvgIpc) is 3.21. The minimum absolute atomic E-state index is 0.0903. The van der Waals surface area contributed by atoms with E-state index in [0.29, 0.717) is 12.0 Å². The van der Waals surface area contributed by atoms with Gasteiger partial charge in [0.15, 0.2) is 0 Å².